The summed E-state index contributed by atoms with van der Waals surface area (Å²) in [5, 5.41) is 11.5. The highest BCUT2D eigenvalue weighted by Crippen LogP contribution is 2.12. The van der Waals surface area contributed by atoms with Crippen molar-refractivity contribution in [3.63, 3.8) is 0 Å². The predicted octanol–water partition coefficient (Wildman–Crippen LogP) is 0.484. The minimum absolute atomic E-state index is 0.401. The number of nitrogens with two attached hydrogens (primary N) is 1. The zero-order valence-electron chi connectivity index (χ0n) is 8.03. The topological polar surface area (TPSA) is 75.3 Å². The van der Waals surface area contributed by atoms with Crippen molar-refractivity contribution >= 4 is 11.7 Å². The molecule has 4 heteroatoms. The lowest BCUT2D eigenvalue weighted by Crippen LogP contribution is -2.35. The van der Waals surface area contributed by atoms with Gasteiger partial charge in [0.15, 0.2) is 0 Å². The van der Waals surface area contributed by atoms with E-state index in [0.29, 0.717) is 12.1 Å². The van der Waals surface area contributed by atoms with Crippen molar-refractivity contribution in [3.8, 4) is 0 Å². The maximum Gasteiger partial charge on any atom is 0.321 e. The first-order valence-electron chi connectivity index (χ1n) is 4.38. The molecule has 1 aromatic rings. The molecule has 76 valence electrons. The third-order valence-corrected chi connectivity index (χ3v) is 2.13. The molecule has 4 nitrogen and oxygen atoms in total. The number of carboxylic acid groups (broad SMARTS) is 1. The minimum atomic E-state index is -0.865. The van der Waals surface area contributed by atoms with Crippen molar-refractivity contribution in [1.82, 2.24) is 5.32 Å². The number of nitrogen functional groups attached to an aromatic ring is 1. The van der Waals surface area contributed by atoms with Crippen LogP contribution in [0.2, 0.25) is 0 Å². The molecule has 0 radical (unpaired) electrons. The van der Waals surface area contributed by atoms with E-state index in [1.54, 1.807) is 13.1 Å². The van der Waals surface area contributed by atoms with Crippen molar-refractivity contribution in [3.05, 3.63) is 29.8 Å². The van der Waals surface area contributed by atoms with Gasteiger partial charge in [0.1, 0.15) is 6.04 Å². The van der Waals surface area contributed by atoms with E-state index in [9.17, 15) is 4.79 Å². The Balaban J connectivity index is 2.77. The van der Waals surface area contributed by atoms with Crippen LogP contribution in [0, 0.1) is 0 Å². The van der Waals surface area contributed by atoms with Gasteiger partial charge in [0.2, 0.25) is 0 Å². The monoisotopic (exact) mass is 194 g/mol. The molecule has 1 rings (SSSR count). The molecule has 0 fully saturated rings. The second-order valence-corrected chi connectivity index (χ2v) is 3.08. The summed E-state index contributed by atoms with van der Waals surface area (Å²) < 4.78 is 0. The van der Waals surface area contributed by atoms with Crippen molar-refractivity contribution in [2.24, 2.45) is 0 Å². The number of anilines is 1. The van der Waals surface area contributed by atoms with Crippen LogP contribution >= 0.6 is 0 Å². The molecule has 1 atom stereocenters. The van der Waals surface area contributed by atoms with Crippen LogP contribution in [-0.4, -0.2) is 24.2 Å². The minimum Gasteiger partial charge on any atom is -0.480 e. The molecule has 0 saturated heterocycles. The van der Waals surface area contributed by atoms with E-state index in [-0.39, 0.29) is 0 Å². The fraction of sp³-hybridized carbons (Fsp3) is 0.300. The first-order valence-corrected chi connectivity index (χ1v) is 4.38. The lowest BCUT2D eigenvalue weighted by molar-refractivity contribution is -0.139. The molecule has 0 aliphatic rings. The molecular weight excluding hydrogens is 180 g/mol. The quantitative estimate of drug-likeness (QED) is 0.609. The van der Waals surface area contributed by atoms with Crippen LogP contribution in [0.15, 0.2) is 24.3 Å². The van der Waals surface area contributed by atoms with Gasteiger partial charge in [-0.15, -0.1) is 0 Å². The van der Waals surface area contributed by atoms with Crippen molar-refractivity contribution in [2.75, 3.05) is 12.8 Å². The highest BCUT2D eigenvalue weighted by molar-refractivity contribution is 5.74. The summed E-state index contributed by atoms with van der Waals surface area (Å²) in [7, 11) is 1.62. The summed E-state index contributed by atoms with van der Waals surface area (Å²) in [6.45, 7) is 0. The smallest absolute Gasteiger partial charge is 0.321 e. The summed E-state index contributed by atoms with van der Waals surface area (Å²) in [6.07, 6.45) is 0.401. The Morgan fingerprint density at radius 3 is 2.71 bits per heavy atom. The van der Waals surface area contributed by atoms with Gasteiger partial charge in [-0.1, -0.05) is 18.2 Å². The summed E-state index contributed by atoms with van der Waals surface area (Å²) in [4.78, 5) is 10.7. The summed E-state index contributed by atoms with van der Waals surface area (Å²) in [5.41, 5.74) is 7.19. The van der Waals surface area contributed by atoms with Crippen LogP contribution in [0.5, 0.6) is 0 Å². The van der Waals surface area contributed by atoms with E-state index < -0.39 is 12.0 Å². The second kappa shape index (κ2) is 4.62. The lowest BCUT2D eigenvalue weighted by Gasteiger charge is -2.12. The van der Waals surface area contributed by atoms with Gasteiger partial charge < -0.3 is 16.2 Å². The van der Waals surface area contributed by atoms with E-state index in [1.165, 1.54) is 0 Å². The molecule has 0 heterocycles. The number of carboxylic acids is 1. The van der Waals surface area contributed by atoms with Gasteiger partial charge in [-0.25, -0.2) is 0 Å². The fourth-order valence-corrected chi connectivity index (χ4v) is 1.25. The van der Waals surface area contributed by atoms with E-state index in [4.69, 9.17) is 10.8 Å². The molecule has 1 aromatic carbocycles. The Labute approximate surface area is 82.7 Å². The number of nitrogens with one attached hydrogen (secondary N) is 1. The molecule has 0 aliphatic carbocycles. The summed E-state index contributed by atoms with van der Waals surface area (Å²) >= 11 is 0. The van der Waals surface area contributed by atoms with Gasteiger partial charge in [-0.05, 0) is 18.7 Å². The van der Waals surface area contributed by atoms with Crippen LogP contribution < -0.4 is 11.1 Å². The van der Waals surface area contributed by atoms with Gasteiger partial charge in [-0.2, -0.15) is 0 Å². The van der Waals surface area contributed by atoms with Gasteiger partial charge in [0.05, 0.1) is 0 Å². The van der Waals surface area contributed by atoms with E-state index in [1.807, 2.05) is 18.2 Å². The molecule has 14 heavy (non-hydrogen) atoms. The van der Waals surface area contributed by atoms with Crippen LogP contribution in [0.4, 0.5) is 5.69 Å². The summed E-state index contributed by atoms with van der Waals surface area (Å²) in [6, 6.07) is 6.69. The van der Waals surface area contributed by atoms with Gasteiger partial charge in [-0.3, -0.25) is 4.79 Å². The Morgan fingerprint density at radius 1 is 1.57 bits per heavy atom. The van der Waals surface area contributed by atoms with Crippen LogP contribution in [-0.2, 0) is 11.2 Å². The molecular formula is C10H14N2O2. The number of likely N-dealkylation sites (N-methyl/N-ethyl adjacent to an activating group) is 1. The lowest BCUT2D eigenvalue weighted by atomic mass is 10.0. The van der Waals surface area contributed by atoms with Crippen LogP contribution in [0.1, 0.15) is 5.56 Å². The number of hydrogen-bond acceptors (Lipinski definition) is 3. The molecule has 0 aromatic heterocycles. The molecule has 0 bridgehead atoms. The third-order valence-electron chi connectivity index (χ3n) is 2.13. The average Bonchev–Trinajstić information content (AvgIpc) is 2.16. The van der Waals surface area contributed by atoms with Crippen molar-refractivity contribution in [2.45, 2.75) is 12.5 Å². The molecule has 0 unspecified atom stereocenters. The molecule has 4 N–H and O–H groups in total. The van der Waals surface area contributed by atoms with E-state index >= 15 is 0 Å². The average molecular weight is 194 g/mol. The number of benzene rings is 1. The second-order valence-electron chi connectivity index (χ2n) is 3.08. The molecule has 0 saturated carbocycles. The zero-order valence-corrected chi connectivity index (χ0v) is 8.03. The molecule has 0 amide bonds. The SMILES string of the molecule is CN[C@H](Cc1ccccc1N)C(=O)O. The maximum absolute atomic E-state index is 10.7. The first kappa shape index (κ1) is 10.5. The van der Waals surface area contributed by atoms with Gasteiger partial charge in [0, 0.05) is 12.1 Å². The van der Waals surface area contributed by atoms with E-state index in [0.717, 1.165) is 5.56 Å². The molecule has 0 aliphatic heterocycles. The van der Waals surface area contributed by atoms with Gasteiger partial charge in [0.25, 0.3) is 0 Å². The number of hydrogen-bond donors (Lipinski definition) is 3. The first-order chi connectivity index (χ1) is 6.65. The fourth-order valence-electron chi connectivity index (χ4n) is 1.25. The normalized spacial score (nSPS) is 12.4. The largest absolute Gasteiger partial charge is 0.480 e. The predicted molar refractivity (Wildman–Crippen MR) is 55.0 cm³/mol. The Bertz CT molecular complexity index is 326. The Hall–Kier alpha value is -1.55. The van der Waals surface area contributed by atoms with E-state index in [2.05, 4.69) is 5.32 Å². The zero-order chi connectivity index (χ0) is 10.6. The number of para-hydroxylation sites is 1. The maximum atomic E-state index is 10.7. The highest BCUT2D eigenvalue weighted by atomic mass is 16.4. The van der Waals surface area contributed by atoms with Crippen molar-refractivity contribution in [1.29, 1.82) is 0 Å². The highest BCUT2D eigenvalue weighted by Gasteiger charge is 2.15. The Morgan fingerprint density at radius 2 is 2.21 bits per heavy atom. The van der Waals surface area contributed by atoms with Crippen molar-refractivity contribution < 1.29 is 9.90 Å². The number of aliphatic carboxylic acids is 1. The summed E-state index contributed by atoms with van der Waals surface area (Å²) in [5.74, 6) is -0.865. The number of carbonyl (C=O) groups is 1. The molecule has 0 spiro atoms. The van der Waals surface area contributed by atoms with Crippen LogP contribution in [0.3, 0.4) is 0 Å². The standard InChI is InChI=1S/C10H14N2O2/c1-12-9(10(13)14)6-7-4-2-3-5-8(7)11/h2-5,9,12H,6,11H2,1H3,(H,13,14)/t9-/m1/s1. The van der Waals surface area contributed by atoms with Gasteiger partial charge >= 0.3 is 5.97 Å². The third kappa shape index (κ3) is 2.47. The number of rotatable bonds is 4. The van der Waals surface area contributed by atoms with Crippen LogP contribution in [0.25, 0.3) is 0 Å². The Kier molecular flexibility index (Phi) is 3.48.